The Morgan fingerprint density at radius 2 is 1.77 bits per heavy atom. The van der Waals surface area contributed by atoms with E-state index >= 15 is 0 Å². The van der Waals surface area contributed by atoms with Crippen molar-refractivity contribution in [2.45, 2.75) is 25.2 Å². The Hall–Kier alpha value is -2.15. The van der Waals surface area contributed by atoms with Gasteiger partial charge < -0.3 is 9.47 Å². The zero-order valence-electron chi connectivity index (χ0n) is 14.7. The molecule has 0 atom stereocenters. The maximum absolute atomic E-state index is 14.4. The van der Waals surface area contributed by atoms with Gasteiger partial charge in [-0.25, -0.2) is 8.78 Å². The maximum Gasteiger partial charge on any atom is 0.306 e. The van der Waals surface area contributed by atoms with Gasteiger partial charge in [0.1, 0.15) is 5.82 Å². The lowest BCUT2D eigenvalue weighted by Gasteiger charge is -2.13. The minimum atomic E-state index is -1.29. The van der Waals surface area contributed by atoms with E-state index in [1.165, 1.54) is 18.2 Å². The molecule has 142 valence electrons. The van der Waals surface area contributed by atoms with Crippen LogP contribution in [0.3, 0.4) is 0 Å². The van der Waals surface area contributed by atoms with Crippen molar-refractivity contribution in [2.24, 2.45) is 0 Å². The number of esters is 1. The molecule has 26 heavy (non-hydrogen) atoms. The Balaban J connectivity index is 3.04. The van der Waals surface area contributed by atoms with Crippen LogP contribution in [0.1, 0.15) is 25.8 Å². The molecule has 0 aliphatic carbocycles. The number of ether oxygens (including phenoxy) is 2. The fourth-order valence-electron chi connectivity index (χ4n) is 1.97. The lowest BCUT2D eigenvalue weighted by molar-refractivity contribution is -0.142. The van der Waals surface area contributed by atoms with E-state index in [0.29, 0.717) is 0 Å². The van der Waals surface area contributed by atoms with Crippen LogP contribution in [-0.4, -0.2) is 24.9 Å². The number of carbonyl (C=O) groups is 1. The third kappa shape index (κ3) is 5.98. The number of allylic oxidation sites excluding steroid dienone is 3. The molecule has 0 saturated heterocycles. The smallest absolute Gasteiger partial charge is 0.306 e. The Labute approximate surface area is 155 Å². The van der Waals surface area contributed by atoms with Crippen LogP contribution in [0.2, 0.25) is 0 Å². The number of halogens is 3. The van der Waals surface area contributed by atoms with Gasteiger partial charge >= 0.3 is 5.97 Å². The summed E-state index contributed by atoms with van der Waals surface area (Å²) < 4.78 is 52.2. The van der Waals surface area contributed by atoms with Crippen molar-refractivity contribution in [1.29, 1.82) is 0 Å². The Kier molecular flexibility index (Phi) is 9.05. The summed E-state index contributed by atoms with van der Waals surface area (Å²) in [5, 5.41) is 0. The van der Waals surface area contributed by atoms with E-state index in [9.17, 15) is 18.0 Å². The molecule has 1 rings (SSSR count). The number of thioether (sulfide) groups is 1. The summed E-state index contributed by atoms with van der Waals surface area (Å²) >= 11 is 1.00. The fraction of sp³-hybridized carbons (Fsp3) is 0.316. The second kappa shape index (κ2) is 10.8. The van der Waals surface area contributed by atoms with Gasteiger partial charge in [-0.1, -0.05) is 25.3 Å². The SMILES string of the molecule is C=C(OCC)/C(F)=C(/F)C(=C)c1cccc(F)c1SCCC(=O)OCC. The van der Waals surface area contributed by atoms with Gasteiger partial charge in [-0.05, 0) is 19.9 Å². The zero-order chi connectivity index (χ0) is 19.7. The average molecular weight is 386 g/mol. The minimum absolute atomic E-state index is 0.0621. The van der Waals surface area contributed by atoms with Gasteiger partial charge in [0.15, 0.2) is 11.6 Å². The van der Waals surface area contributed by atoms with Gasteiger partial charge in [0.25, 0.3) is 0 Å². The van der Waals surface area contributed by atoms with E-state index in [1.54, 1.807) is 13.8 Å². The molecule has 0 heterocycles. The van der Waals surface area contributed by atoms with Gasteiger partial charge in [-0.2, -0.15) is 4.39 Å². The first-order valence-corrected chi connectivity index (χ1v) is 8.95. The van der Waals surface area contributed by atoms with Crippen molar-refractivity contribution in [2.75, 3.05) is 19.0 Å². The van der Waals surface area contributed by atoms with Crippen molar-refractivity contribution in [3.8, 4) is 0 Å². The molecular weight excluding hydrogens is 365 g/mol. The summed E-state index contributed by atoms with van der Waals surface area (Å²) in [6.07, 6.45) is 0.0621. The first-order valence-electron chi connectivity index (χ1n) is 7.97. The van der Waals surface area contributed by atoms with E-state index in [-0.39, 0.29) is 41.4 Å². The van der Waals surface area contributed by atoms with E-state index in [1.807, 2.05) is 0 Å². The van der Waals surface area contributed by atoms with Crippen molar-refractivity contribution < 1.29 is 27.4 Å². The number of hydrogen-bond acceptors (Lipinski definition) is 4. The maximum atomic E-state index is 14.4. The molecule has 0 amide bonds. The van der Waals surface area contributed by atoms with Crippen molar-refractivity contribution >= 4 is 23.3 Å². The fourth-order valence-corrected chi connectivity index (χ4v) is 3.00. The molecule has 0 spiro atoms. The number of benzene rings is 1. The van der Waals surface area contributed by atoms with E-state index in [4.69, 9.17) is 9.47 Å². The summed E-state index contributed by atoms with van der Waals surface area (Å²) in [7, 11) is 0. The molecule has 0 radical (unpaired) electrons. The molecule has 1 aromatic rings. The molecule has 0 N–H and O–H groups in total. The van der Waals surface area contributed by atoms with Crippen molar-refractivity contribution in [3.05, 3.63) is 60.2 Å². The second-order valence-corrected chi connectivity index (χ2v) is 6.09. The highest BCUT2D eigenvalue weighted by molar-refractivity contribution is 7.99. The Morgan fingerprint density at radius 3 is 2.38 bits per heavy atom. The topological polar surface area (TPSA) is 35.5 Å². The van der Waals surface area contributed by atoms with Gasteiger partial charge in [-0.3, -0.25) is 4.79 Å². The number of carbonyl (C=O) groups excluding carboxylic acids is 1. The largest absolute Gasteiger partial charge is 0.491 e. The molecule has 0 saturated carbocycles. The first-order chi connectivity index (χ1) is 12.3. The third-order valence-corrected chi connectivity index (χ3v) is 4.28. The standard InChI is InChI=1S/C19H21F3O3S/c1-5-24-13(4)18(22)17(21)12(3)14-8-7-9-15(20)19(14)26-11-10-16(23)25-6-2/h7-9H,3-6,10-11H2,1-2H3/b18-17-. The quantitative estimate of drug-likeness (QED) is 0.227. The summed E-state index contributed by atoms with van der Waals surface area (Å²) in [6.45, 7) is 10.5. The van der Waals surface area contributed by atoms with Crippen LogP contribution >= 0.6 is 11.8 Å². The second-order valence-electron chi connectivity index (χ2n) is 4.98. The van der Waals surface area contributed by atoms with Crippen LogP contribution in [0.5, 0.6) is 0 Å². The zero-order valence-corrected chi connectivity index (χ0v) is 15.6. The normalized spacial score (nSPS) is 11.6. The molecule has 0 unspecified atom stereocenters. The summed E-state index contributed by atoms with van der Waals surface area (Å²) in [5.41, 5.74) is -0.239. The predicted octanol–water partition coefficient (Wildman–Crippen LogP) is 5.59. The number of rotatable bonds is 10. The third-order valence-electron chi connectivity index (χ3n) is 3.17. The summed E-state index contributed by atoms with van der Waals surface area (Å²) in [4.78, 5) is 11.5. The van der Waals surface area contributed by atoms with Gasteiger partial charge in [-0.15, -0.1) is 11.8 Å². The Bertz CT molecular complexity index is 714. The number of hydrogen-bond donors (Lipinski definition) is 0. The van der Waals surface area contributed by atoms with E-state index in [0.717, 1.165) is 11.8 Å². The highest BCUT2D eigenvalue weighted by Gasteiger charge is 2.20. The van der Waals surface area contributed by atoms with Crippen LogP contribution in [-0.2, 0) is 14.3 Å². The molecule has 0 aromatic heterocycles. The molecule has 0 bridgehead atoms. The van der Waals surface area contributed by atoms with Crippen molar-refractivity contribution in [1.82, 2.24) is 0 Å². The molecular formula is C19H21F3O3S. The van der Waals surface area contributed by atoms with Crippen LogP contribution in [0, 0.1) is 5.82 Å². The van der Waals surface area contributed by atoms with Crippen LogP contribution in [0.25, 0.3) is 5.57 Å². The first kappa shape index (κ1) is 21.9. The molecule has 3 nitrogen and oxygen atoms in total. The predicted molar refractivity (Wildman–Crippen MR) is 97.4 cm³/mol. The molecule has 0 fully saturated rings. The average Bonchev–Trinajstić information content (AvgIpc) is 2.61. The van der Waals surface area contributed by atoms with Gasteiger partial charge in [0, 0.05) is 16.9 Å². The molecule has 0 aliphatic heterocycles. The van der Waals surface area contributed by atoms with E-state index < -0.39 is 29.2 Å². The summed E-state index contributed by atoms with van der Waals surface area (Å²) in [5.74, 6) is -3.83. The molecule has 1 aromatic carbocycles. The minimum Gasteiger partial charge on any atom is -0.491 e. The highest BCUT2D eigenvalue weighted by atomic mass is 32.2. The highest BCUT2D eigenvalue weighted by Crippen LogP contribution is 2.36. The Morgan fingerprint density at radius 1 is 1.12 bits per heavy atom. The van der Waals surface area contributed by atoms with Gasteiger partial charge in [0.2, 0.25) is 5.83 Å². The summed E-state index contributed by atoms with van der Waals surface area (Å²) in [6, 6.07) is 3.99. The van der Waals surface area contributed by atoms with Crippen LogP contribution in [0.15, 0.2) is 53.7 Å². The monoisotopic (exact) mass is 386 g/mol. The van der Waals surface area contributed by atoms with Crippen LogP contribution in [0.4, 0.5) is 13.2 Å². The van der Waals surface area contributed by atoms with Crippen molar-refractivity contribution in [3.63, 3.8) is 0 Å². The lowest BCUT2D eigenvalue weighted by Crippen LogP contribution is -2.05. The van der Waals surface area contributed by atoms with E-state index in [2.05, 4.69) is 13.2 Å². The molecule has 7 heteroatoms. The van der Waals surface area contributed by atoms with Crippen LogP contribution < -0.4 is 0 Å². The lowest BCUT2D eigenvalue weighted by atomic mass is 10.1. The van der Waals surface area contributed by atoms with Gasteiger partial charge in [0.05, 0.1) is 24.5 Å². The molecule has 0 aliphatic rings.